The predicted molar refractivity (Wildman–Crippen MR) is 128 cm³/mol. The van der Waals surface area contributed by atoms with Gasteiger partial charge in [-0.2, -0.15) is 0 Å². The molecule has 0 aromatic heterocycles. The number of rotatable bonds is 7. The minimum atomic E-state index is -2.65. The molecule has 0 aliphatic carbocycles. The smallest absolute Gasteiger partial charge is 0.261 e. The van der Waals surface area contributed by atoms with E-state index < -0.39 is 8.32 Å². The first-order valence-electron chi connectivity index (χ1n) is 11.0. The van der Waals surface area contributed by atoms with E-state index in [-0.39, 0.29) is 16.9 Å². The number of amides is 2. The van der Waals surface area contributed by atoms with Crippen LogP contribution in [0.3, 0.4) is 0 Å². The fourth-order valence-corrected chi connectivity index (χ4v) is 8.89. The average Bonchev–Trinajstić information content (AvgIpc) is 2.74. The first-order chi connectivity index (χ1) is 14.7. The Kier molecular flexibility index (Phi) is 6.97. The second kappa shape index (κ2) is 9.33. The molecule has 0 N–H and O–H groups in total. The summed E-state index contributed by atoms with van der Waals surface area (Å²) < 4.78 is 6.90. The zero-order valence-electron chi connectivity index (χ0n) is 19.3. The molecule has 0 atom stereocenters. The monoisotopic (exact) mass is 435 g/mol. The van der Waals surface area contributed by atoms with Crippen molar-refractivity contribution in [1.29, 1.82) is 0 Å². The fourth-order valence-electron chi connectivity index (χ4n) is 4.30. The summed E-state index contributed by atoms with van der Waals surface area (Å²) in [5, 5.41) is 2.31. The number of hydrogen-bond acceptors (Lipinski definition) is 3. The van der Waals surface area contributed by atoms with Crippen molar-refractivity contribution in [3.05, 3.63) is 71.8 Å². The molecule has 2 amide bonds. The Balaban J connectivity index is 1.94. The molecule has 2 aromatic carbocycles. The Morgan fingerprint density at radius 2 is 1.52 bits per heavy atom. The van der Waals surface area contributed by atoms with Crippen molar-refractivity contribution in [2.24, 2.45) is 0 Å². The number of β-lactam (4-membered cyclic amide) rings is 1. The van der Waals surface area contributed by atoms with Crippen LogP contribution in [-0.2, 0) is 14.0 Å². The third-order valence-electron chi connectivity index (χ3n) is 6.02. The third kappa shape index (κ3) is 4.43. The number of benzene rings is 2. The van der Waals surface area contributed by atoms with Gasteiger partial charge in [0.2, 0.25) is 5.91 Å². The van der Waals surface area contributed by atoms with Crippen LogP contribution in [0.4, 0.5) is 0 Å². The second-order valence-electron chi connectivity index (χ2n) is 9.25. The maximum Gasteiger partial charge on any atom is 0.261 e. The lowest BCUT2D eigenvalue weighted by Gasteiger charge is -2.43. The minimum absolute atomic E-state index is 0.0862. The van der Waals surface area contributed by atoms with Gasteiger partial charge in [0.15, 0.2) is 0 Å². The summed E-state index contributed by atoms with van der Waals surface area (Å²) in [6.07, 6.45) is 1.16. The summed E-state index contributed by atoms with van der Waals surface area (Å²) >= 11 is 0. The molecule has 0 saturated carbocycles. The second-order valence-corrected chi connectivity index (χ2v) is 13.6. The molecule has 1 aliphatic heterocycles. The van der Waals surface area contributed by atoms with Crippen molar-refractivity contribution in [2.75, 3.05) is 13.2 Å². The molecule has 31 heavy (non-hydrogen) atoms. The van der Waals surface area contributed by atoms with E-state index in [0.29, 0.717) is 25.1 Å². The summed E-state index contributed by atoms with van der Waals surface area (Å²) in [5.41, 5.74) is 1.63. The van der Waals surface area contributed by atoms with Crippen LogP contribution in [0.1, 0.15) is 47.5 Å². The number of likely N-dealkylation sites (tertiary alicyclic amines) is 1. The van der Waals surface area contributed by atoms with E-state index in [9.17, 15) is 9.59 Å². The van der Waals surface area contributed by atoms with E-state index in [1.807, 2.05) is 26.0 Å². The van der Waals surface area contributed by atoms with Gasteiger partial charge in [0, 0.05) is 12.0 Å². The molecular weight excluding hydrogens is 402 g/mol. The molecule has 1 aliphatic rings. The Morgan fingerprint density at radius 3 is 1.94 bits per heavy atom. The highest BCUT2D eigenvalue weighted by molar-refractivity contribution is 6.99. The van der Waals surface area contributed by atoms with E-state index in [4.69, 9.17) is 4.43 Å². The normalized spacial score (nSPS) is 16.2. The van der Waals surface area contributed by atoms with Crippen LogP contribution in [0, 0.1) is 0 Å². The molecule has 0 spiro atoms. The number of hydrogen-bond donors (Lipinski definition) is 0. The minimum Gasteiger partial charge on any atom is -0.403 e. The zero-order valence-corrected chi connectivity index (χ0v) is 20.3. The van der Waals surface area contributed by atoms with Crippen molar-refractivity contribution < 1.29 is 14.0 Å². The van der Waals surface area contributed by atoms with Crippen LogP contribution in [0.5, 0.6) is 0 Å². The van der Waals surface area contributed by atoms with Gasteiger partial charge >= 0.3 is 0 Å². The molecule has 164 valence electrons. The van der Waals surface area contributed by atoms with Crippen molar-refractivity contribution in [1.82, 2.24) is 4.90 Å². The van der Waals surface area contributed by atoms with E-state index in [2.05, 4.69) is 69.3 Å². The molecule has 0 unspecified atom stereocenters. The SMILES string of the molecule is CCCC(=O)N1C/C(=C(/C)CO[Si](c2ccccc2)(c2ccccc2)C(C)(C)C)C1=O. The van der Waals surface area contributed by atoms with Gasteiger partial charge < -0.3 is 4.43 Å². The van der Waals surface area contributed by atoms with Gasteiger partial charge in [0.05, 0.1) is 13.2 Å². The molecular formula is C26H33NO3Si. The zero-order chi connectivity index (χ0) is 22.6. The topological polar surface area (TPSA) is 46.6 Å². The predicted octanol–water partition coefficient (Wildman–Crippen LogP) is 4.05. The lowest BCUT2D eigenvalue weighted by Crippen LogP contribution is -2.66. The summed E-state index contributed by atoms with van der Waals surface area (Å²) in [7, 11) is -2.65. The van der Waals surface area contributed by atoms with Crippen LogP contribution >= 0.6 is 0 Å². The Hall–Kier alpha value is -2.50. The number of imide groups is 1. The molecule has 0 bridgehead atoms. The highest BCUT2D eigenvalue weighted by Crippen LogP contribution is 2.37. The van der Waals surface area contributed by atoms with E-state index in [0.717, 1.165) is 12.0 Å². The summed E-state index contributed by atoms with van der Waals surface area (Å²) in [4.78, 5) is 26.0. The van der Waals surface area contributed by atoms with Gasteiger partial charge in [-0.15, -0.1) is 0 Å². The molecule has 1 fully saturated rings. The summed E-state index contributed by atoms with van der Waals surface area (Å²) in [6, 6.07) is 20.9. The third-order valence-corrected chi connectivity index (χ3v) is 11.0. The molecule has 3 rings (SSSR count). The molecule has 4 nitrogen and oxygen atoms in total. The first-order valence-corrected chi connectivity index (χ1v) is 12.9. The highest BCUT2D eigenvalue weighted by atomic mass is 28.4. The average molecular weight is 436 g/mol. The molecule has 5 heteroatoms. The van der Waals surface area contributed by atoms with Crippen LogP contribution in [0.2, 0.25) is 5.04 Å². The maximum atomic E-state index is 12.6. The van der Waals surface area contributed by atoms with Gasteiger partial charge in [-0.25, -0.2) is 0 Å². The Bertz CT molecular complexity index is 922. The molecule has 2 aromatic rings. The summed E-state index contributed by atoms with van der Waals surface area (Å²) in [6.45, 7) is 11.4. The van der Waals surface area contributed by atoms with Gasteiger partial charge in [0.25, 0.3) is 14.2 Å². The largest absolute Gasteiger partial charge is 0.403 e. The first kappa shape index (κ1) is 23.2. The van der Waals surface area contributed by atoms with Crippen molar-refractivity contribution in [3.8, 4) is 0 Å². The lowest BCUT2D eigenvalue weighted by atomic mass is 10.0. The van der Waals surface area contributed by atoms with E-state index >= 15 is 0 Å². The molecule has 0 radical (unpaired) electrons. The number of carbonyl (C=O) groups is 2. The van der Waals surface area contributed by atoms with Crippen molar-refractivity contribution in [3.63, 3.8) is 0 Å². The van der Waals surface area contributed by atoms with Crippen molar-refractivity contribution in [2.45, 2.75) is 52.5 Å². The van der Waals surface area contributed by atoms with Crippen LogP contribution < -0.4 is 10.4 Å². The van der Waals surface area contributed by atoms with Gasteiger partial charge in [-0.05, 0) is 34.3 Å². The highest BCUT2D eigenvalue weighted by Gasteiger charge is 2.50. The Morgan fingerprint density at radius 1 is 1.00 bits per heavy atom. The van der Waals surface area contributed by atoms with Crippen LogP contribution in [0.15, 0.2) is 71.8 Å². The van der Waals surface area contributed by atoms with Crippen LogP contribution in [0.25, 0.3) is 0 Å². The quantitative estimate of drug-likeness (QED) is 0.374. The van der Waals surface area contributed by atoms with Gasteiger partial charge in [-0.1, -0.05) is 88.4 Å². The summed E-state index contributed by atoms with van der Waals surface area (Å²) in [5.74, 6) is -0.251. The number of carbonyl (C=O) groups excluding carboxylic acids is 2. The lowest BCUT2D eigenvalue weighted by molar-refractivity contribution is -0.147. The fraction of sp³-hybridized carbons (Fsp3) is 0.385. The van der Waals surface area contributed by atoms with Crippen molar-refractivity contribution >= 4 is 30.5 Å². The standard InChI is InChI=1S/C26H33NO3Si/c1-6-13-24(28)27-18-23(25(27)29)20(2)19-30-31(26(3,4)5,21-14-9-7-10-15-21)22-16-11-8-12-17-22/h7-12,14-17H,6,13,18-19H2,1-5H3/b23-20+. The maximum absolute atomic E-state index is 12.6. The van der Waals surface area contributed by atoms with Crippen LogP contribution in [-0.4, -0.2) is 38.2 Å². The Labute approximate surface area is 187 Å². The van der Waals surface area contributed by atoms with E-state index in [1.54, 1.807) is 0 Å². The molecule has 1 saturated heterocycles. The van der Waals surface area contributed by atoms with E-state index in [1.165, 1.54) is 15.3 Å². The molecule has 1 heterocycles. The van der Waals surface area contributed by atoms with Gasteiger partial charge in [0.1, 0.15) is 0 Å². The number of nitrogens with zero attached hydrogens (tertiary/aromatic N) is 1. The van der Waals surface area contributed by atoms with Gasteiger partial charge in [-0.3, -0.25) is 14.5 Å².